The fraction of sp³-hybridized carbons (Fsp3) is 0.231. The molecule has 0 fully saturated rings. The van der Waals surface area contributed by atoms with Crippen molar-refractivity contribution in [2.45, 2.75) is 12.6 Å². The molecule has 3 N–H and O–H groups in total. The van der Waals surface area contributed by atoms with Crippen molar-refractivity contribution < 1.29 is 10.2 Å². The monoisotopic (exact) mass is 283 g/mol. The summed E-state index contributed by atoms with van der Waals surface area (Å²) in [7, 11) is 0. The van der Waals surface area contributed by atoms with Gasteiger partial charge in [0.05, 0.1) is 4.34 Å². The van der Waals surface area contributed by atoms with Crippen LogP contribution in [0.25, 0.3) is 0 Å². The Bertz CT molecular complexity index is 515. The molecule has 0 bridgehead atoms. The number of phenols is 1. The summed E-state index contributed by atoms with van der Waals surface area (Å²) in [5.41, 5.74) is 0.814. The molecule has 0 amide bonds. The summed E-state index contributed by atoms with van der Waals surface area (Å²) in [6.07, 6.45) is -0.576. The number of nitrogens with one attached hydrogen (secondary N) is 1. The standard InChI is InChI=1S/C13H14ClNO2S/c14-13-6-5-12(18-13)11(17)8-15-7-9-3-1-2-4-10(9)16/h1-6,11,15-17H,7-8H2. The molecule has 0 saturated heterocycles. The Balaban J connectivity index is 1.84. The van der Waals surface area contributed by atoms with Crippen molar-refractivity contribution in [2.24, 2.45) is 0 Å². The fourth-order valence-electron chi connectivity index (χ4n) is 1.61. The molecule has 1 aromatic heterocycles. The van der Waals surface area contributed by atoms with Crippen LogP contribution in [0.15, 0.2) is 36.4 Å². The van der Waals surface area contributed by atoms with E-state index in [1.54, 1.807) is 18.2 Å². The third-order valence-electron chi connectivity index (χ3n) is 2.57. The minimum Gasteiger partial charge on any atom is -0.508 e. The first-order chi connectivity index (χ1) is 8.66. The molecule has 0 aliphatic rings. The van der Waals surface area contributed by atoms with Crippen molar-refractivity contribution in [1.82, 2.24) is 5.32 Å². The van der Waals surface area contributed by atoms with Gasteiger partial charge in [-0.15, -0.1) is 11.3 Å². The third-order valence-corrected chi connectivity index (χ3v) is 3.90. The molecule has 2 rings (SSSR count). The molecule has 0 aliphatic carbocycles. The summed E-state index contributed by atoms with van der Waals surface area (Å²) in [6, 6.07) is 10.7. The zero-order valence-electron chi connectivity index (χ0n) is 9.64. The van der Waals surface area contributed by atoms with Gasteiger partial charge in [-0.05, 0) is 18.2 Å². The van der Waals surface area contributed by atoms with Gasteiger partial charge in [-0.3, -0.25) is 0 Å². The second kappa shape index (κ2) is 6.20. The van der Waals surface area contributed by atoms with Gasteiger partial charge >= 0.3 is 0 Å². The molecule has 2 aromatic rings. The van der Waals surface area contributed by atoms with Gasteiger partial charge in [0.1, 0.15) is 11.9 Å². The van der Waals surface area contributed by atoms with Gasteiger partial charge in [0.25, 0.3) is 0 Å². The number of hydrogen-bond donors (Lipinski definition) is 3. The highest BCUT2D eigenvalue weighted by Gasteiger charge is 2.10. The van der Waals surface area contributed by atoms with Crippen LogP contribution in [0.1, 0.15) is 16.5 Å². The van der Waals surface area contributed by atoms with Crippen LogP contribution < -0.4 is 5.32 Å². The molecule has 1 atom stereocenters. The third kappa shape index (κ3) is 3.46. The van der Waals surface area contributed by atoms with Crippen molar-refractivity contribution in [1.29, 1.82) is 0 Å². The van der Waals surface area contributed by atoms with E-state index in [0.29, 0.717) is 17.4 Å². The Morgan fingerprint density at radius 3 is 2.67 bits per heavy atom. The lowest BCUT2D eigenvalue weighted by molar-refractivity contribution is 0.178. The lowest BCUT2D eigenvalue weighted by Gasteiger charge is -2.10. The summed E-state index contributed by atoms with van der Waals surface area (Å²) in [4.78, 5) is 0.838. The number of aliphatic hydroxyl groups excluding tert-OH is 1. The number of aromatic hydroxyl groups is 1. The minimum absolute atomic E-state index is 0.263. The number of hydrogen-bond acceptors (Lipinski definition) is 4. The minimum atomic E-state index is -0.576. The Labute approximate surface area is 115 Å². The largest absolute Gasteiger partial charge is 0.508 e. The number of rotatable bonds is 5. The highest BCUT2D eigenvalue weighted by molar-refractivity contribution is 7.16. The van der Waals surface area contributed by atoms with E-state index in [2.05, 4.69) is 5.32 Å². The van der Waals surface area contributed by atoms with Crippen LogP contribution in [0.5, 0.6) is 5.75 Å². The molecule has 0 radical (unpaired) electrons. The van der Waals surface area contributed by atoms with Crippen LogP contribution in [0.2, 0.25) is 4.34 Å². The number of aliphatic hydroxyl groups is 1. The molecule has 18 heavy (non-hydrogen) atoms. The van der Waals surface area contributed by atoms with E-state index in [1.807, 2.05) is 18.2 Å². The van der Waals surface area contributed by atoms with Crippen molar-refractivity contribution in [3.8, 4) is 5.75 Å². The van der Waals surface area contributed by atoms with Crippen LogP contribution >= 0.6 is 22.9 Å². The summed E-state index contributed by atoms with van der Waals surface area (Å²) < 4.78 is 0.671. The van der Waals surface area contributed by atoms with Crippen molar-refractivity contribution in [3.63, 3.8) is 0 Å². The Morgan fingerprint density at radius 2 is 2.00 bits per heavy atom. The fourth-order valence-corrected chi connectivity index (χ4v) is 2.66. The van der Waals surface area contributed by atoms with Gasteiger partial charge < -0.3 is 15.5 Å². The van der Waals surface area contributed by atoms with E-state index in [-0.39, 0.29) is 5.75 Å². The number of para-hydroxylation sites is 1. The van der Waals surface area contributed by atoms with Crippen LogP contribution in [0.3, 0.4) is 0 Å². The maximum atomic E-state index is 9.91. The van der Waals surface area contributed by atoms with E-state index >= 15 is 0 Å². The summed E-state index contributed by atoms with van der Waals surface area (Å²) in [5, 5.41) is 22.6. The predicted molar refractivity (Wildman–Crippen MR) is 74.1 cm³/mol. The maximum absolute atomic E-state index is 9.91. The van der Waals surface area contributed by atoms with Gasteiger partial charge in [0.2, 0.25) is 0 Å². The zero-order valence-corrected chi connectivity index (χ0v) is 11.2. The first-order valence-electron chi connectivity index (χ1n) is 5.57. The second-order valence-corrected chi connectivity index (χ2v) is 5.66. The second-order valence-electron chi connectivity index (χ2n) is 3.92. The van der Waals surface area contributed by atoms with Gasteiger partial charge in [-0.2, -0.15) is 0 Å². The molecule has 1 unspecified atom stereocenters. The van der Waals surface area contributed by atoms with E-state index in [4.69, 9.17) is 11.6 Å². The normalized spacial score (nSPS) is 12.6. The van der Waals surface area contributed by atoms with Crippen molar-refractivity contribution in [3.05, 3.63) is 51.2 Å². The zero-order chi connectivity index (χ0) is 13.0. The smallest absolute Gasteiger partial charge is 0.120 e. The average Bonchev–Trinajstić information content (AvgIpc) is 2.78. The molecule has 1 aromatic carbocycles. The van der Waals surface area contributed by atoms with Gasteiger partial charge in [0.15, 0.2) is 0 Å². The van der Waals surface area contributed by atoms with Gasteiger partial charge in [0, 0.05) is 23.5 Å². The Hall–Kier alpha value is -1.07. The van der Waals surface area contributed by atoms with Crippen LogP contribution in [0.4, 0.5) is 0 Å². The Kier molecular flexibility index (Phi) is 4.60. The quantitative estimate of drug-likeness (QED) is 0.791. The molecule has 0 aliphatic heterocycles. The lowest BCUT2D eigenvalue weighted by atomic mass is 10.2. The number of benzene rings is 1. The molecular weight excluding hydrogens is 270 g/mol. The maximum Gasteiger partial charge on any atom is 0.120 e. The van der Waals surface area contributed by atoms with E-state index in [9.17, 15) is 10.2 Å². The van der Waals surface area contributed by atoms with Crippen LogP contribution in [-0.2, 0) is 6.54 Å². The number of halogens is 1. The van der Waals surface area contributed by atoms with E-state index in [0.717, 1.165) is 10.4 Å². The van der Waals surface area contributed by atoms with Gasteiger partial charge in [-0.25, -0.2) is 0 Å². The van der Waals surface area contributed by atoms with Gasteiger partial charge in [-0.1, -0.05) is 29.8 Å². The number of phenolic OH excluding ortho intramolecular Hbond substituents is 1. The molecule has 0 saturated carbocycles. The topological polar surface area (TPSA) is 52.5 Å². The predicted octanol–water partition coefficient (Wildman–Crippen LogP) is 2.93. The molecule has 1 heterocycles. The molecule has 96 valence electrons. The van der Waals surface area contributed by atoms with E-state index in [1.165, 1.54) is 11.3 Å². The Morgan fingerprint density at radius 1 is 1.22 bits per heavy atom. The average molecular weight is 284 g/mol. The molecule has 5 heteroatoms. The summed E-state index contributed by atoms with van der Waals surface area (Å²) >= 11 is 7.18. The van der Waals surface area contributed by atoms with Crippen molar-refractivity contribution in [2.75, 3.05) is 6.54 Å². The molecule has 3 nitrogen and oxygen atoms in total. The lowest BCUT2D eigenvalue weighted by Crippen LogP contribution is -2.20. The van der Waals surface area contributed by atoms with Crippen molar-refractivity contribution >= 4 is 22.9 Å². The highest BCUT2D eigenvalue weighted by atomic mass is 35.5. The highest BCUT2D eigenvalue weighted by Crippen LogP contribution is 2.26. The summed E-state index contributed by atoms with van der Waals surface area (Å²) in [6.45, 7) is 0.939. The first-order valence-corrected chi connectivity index (χ1v) is 6.77. The molecule has 0 spiro atoms. The van der Waals surface area contributed by atoms with Crippen LogP contribution in [0, 0.1) is 0 Å². The SMILES string of the molecule is Oc1ccccc1CNCC(O)c1ccc(Cl)s1. The molecular formula is C13H14ClNO2S. The van der Waals surface area contributed by atoms with E-state index < -0.39 is 6.10 Å². The number of thiophene rings is 1. The van der Waals surface area contributed by atoms with Crippen LogP contribution in [-0.4, -0.2) is 16.8 Å². The summed E-state index contributed by atoms with van der Waals surface area (Å²) in [5.74, 6) is 0.263. The first kappa shape index (κ1) is 13.4.